The molecule has 0 aliphatic heterocycles. The van der Waals surface area contributed by atoms with Gasteiger partial charge in [0.1, 0.15) is 5.25 Å². The Morgan fingerprint density at radius 3 is 2.33 bits per heavy atom. The van der Waals surface area contributed by atoms with Gasteiger partial charge in [-0.1, -0.05) is 54.1 Å². The normalized spacial score (nSPS) is 12.9. The van der Waals surface area contributed by atoms with Crippen molar-refractivity contribution in [3.63, 3.8) is 0 Å². The lowest BCUT2D eigenvalue weighted by molar-refractivity contribution is 0.0979. The van der Waals surface area contributed by atoms with Crippen molar-refractivity contribution < 1.29 is 17.8 Å². The van der Waals surface area contributed by atoms with Crippen LogP contribution >= 0.6 is 11.6 Å². The summed E-state index contributed by atoms with van der Waals surface area (Å²) in [6.45, 7) is 0. The molecule has 0 heterocycles. The van der Waals surface area contributed by atoms with Crippen molar-refractivity contribution in [1.82, 2.24) is 0 Å². The highest BCUT2D eigenvalue weighted by Gasteiger charge is 2.28. The molecule has 0 amide bonds. The zero-order valence-electron chi connectivity index (χ0n) is 10.9. The summed E-state index contributed by atoms with van der Waals surface area (Å²) in [7, 11) is -4.42. The van der Waals surface area contributed by atoms with Crippen molar-refractivity contribution in [2.24, 2.45) is 0 Å². The van der Waals surface area contributed by atoms with Gasteiger partial charge in [-0.25, -0.2) is 0 Å². The molecule has 0 saturated heterocycles. The van der Waals surface area contributed by atoms with Gasteiger partial charge in [-0.15, -0.1) is 0 Å². The smallest absolute Gasteiger partial charge is 0.272 e. The number of rotatable bonds is 5. The minimum absolute atomic E-state index is 0.286. The maximum Gasteiger partial charge on any atom is 0.272 e. The predicted molar refractivity (Wildman–Crippen MR) is 81.1 cm³/mol. The highest BCUT2D eigenvalue weighted by atomic mass is 35.5. The van der Waals surface area contributed by atoms with Crippen molar-refractivity contribution >= 4 is 27.5 Å². The fourth-order valence-corrected chi connectivity index (χ4v) is 3.06. The first kappa shape index (κ1) is 15.7. The highest BCUT2D eigenvalue weighted by molar-refractivity contribution is 7.86. The number of carbonyl (C=O) groups is 1. The molecule has 2 aromatic carbocycles. The summed E-state index contributed by atoms with van der Waals surface area (Å²) in [5.74, 6) is -0.363. The SMILES string of the molecule is O=C(CC(c1cccc(Cl)c1)S(=O)(=O)O)c1ccccc1. The first-order valence-corrected chi connectivity index (χ1v) is 8.06. The Morgan fingerprint density at radius 2 is 1.76 bits per heavy atom. The maximum absolute atomic E-state index is 12.2. The second kappa shape index (κ2) is 6.39. The van der Waals surface area contributed by atoms with Crippen LogP contribution in [0.1, 0.15) is 27.6 Å². The van der Waals surface area contributed by atoms with Crippen molar-refractivity contribution in [2.45, 2.75) is 11.7 Å². The molecule has 0 aromatic heterocycles. The minimum atomic E-state index is -4.42. The average molecular weight is 325 g/mol. The van der Waals surface area contributed by atoms with Gasteiger partial charge < -0.3 is 0 Å². The van der Waals surface area contributed by atoms with E-state index in [4.69, 9.17) is 11.6 Å². The van der Waals surface area contributed by atoms with Crippen LogP contribution in [0.2, 0.25) is 5.02 Å². The Hall–Kier alpha value is -1.69. The van der Waals surface area contributed by atoms with Gasteiger partial charge in [0.05, 0.1) is 0 Å². The van der Waals surface area contributed by atoms with Crippen LogP contribution in [0.25, 0.3) is 0 Å². The van der Waals surface area contributed by atoms with Crippen LogP contribution in [-0.2, 0) is 10.1 Å². The van der Waals surface area contributed by atoms with E-state index >= 15 is 0 Å². The standard InChI is InChI=1S/C15H13ClO4S/c16-13-8-4-7-12(9-13)15(21(18,19)20)10-14(17)11-5-2-1-3-6-11/h1-9,15H,10H2,(H,18,19,20). The van der Waals surface area contributed by atoms with Gasteiger partial charge in [0.2, 0.25) is 0 Å². The van der Waals surface area contributed by atoms with E-state index in [0.29, 0.717) is 10.6 Å². The number of hydrogen-bond acceptors (Lipinski definition) is 3. The molecule has 2 aromatic rings. The van der Waals surface area contributed by atoms with Gasteiger partial charge in [0, 0.05) is 17.0 Å². The molecular weight excluding hydrogens is 312 g/mol. The summed E-state index contributed by atoms with van der Waals surface area (Å²) >= 11 is 5.83. The molecule has 0 bridgehead atoms. The van der Waals surface area contributed by atoms with Gasteiger partial charge >= 0.3 is 0 Å². The molecule has 21 heavy (non-hydrogen) atoms. The van der Waals surface area contributed by atoms with Crippen molar-refractivity contribution in [3.8, 4) is 0 Å². The maximum atomic E-state index is 12.2. The summed E-state index contributed by atoms with van der Waals surface area (Å²) in [4.78, 5) is 12.2. The van der Waals surface area contributed by atoms with Crippen LogP contribution in [0.15, 0.2) is 54.6 Å². The van der Waals surface area contributed by atoms with E-state index in [2.05, 4.69) is 0 Å². The third kappa shape index (κ3) is 4.14. The topological polar surface area (TPSA) is 71.4 Å². The molecule has 0 saturated carbocycles. The number of hydrogen-bond donors (Lipinski definition) is 1. The third-order valence-corrected chi connectivity index (χ3v) is 4.44. The molecule has 0 spiro atoms. The number of ketones is 1. The molecule has 0 radical (unpaired) electrons. The van der Waals surface area contributed by atoms with E-state index in [-0.39, 0.29) is 17.8 Å². The Balaban J connectivity index is 2.33. The van der Waals surface area contributed by atoms with Crippen molar-refractivity contribution in [3.05, 3.63) is 70.7 Å². The summed E-state index contributed by atoms with van der Waals surface area (Å²) in [6, 6.07) is 14.4. The lowest BCUT2D eigenvalue weighted by atomic mass is 10.0. The largest absolute Gasteiger partial charge is 0.294 e. The summed E-state index contributed by atoms with van der Waals surface area (Å²) in [6.07, 6.45) is -0.344. The molecule has 0 aliphatic carbocycles. The molecule has 110 valence electrons. The van der Waals surface area contributed by atoms with Gasteiger partial charge in [-0.3, -0.25) is 9.35 Å². The molecule has 2 rings (SSSR count). The van der Waals surface area contributed by atoms with Crippen molar-refractivity contribution in [1.29, 1.82) is 0 Å². The van der Waals surface area contributed by atoms with Gasteiger partial charge in [0.25, 0.3) is 10.1 Å². The second-order valence-corrected chi connectivity index (χ2v) is 6.59. The Labute approximate surface area is 128 Å². The molecule has 0 aliphatic rings. The molecule has 1 unspecified atom stereocenters. The monoisotopic (exact) mass is 324 g/mol. The zero-order valence-corrected chi connectivity index (χ0v) is 12.5. The molecule has 0 fully saturated rings. The lowest BCUT2D eigenvalue weighted by Gasteiger charge is -2.14. The number of halogens is 1. The van der Waals surface area contributed by atoms with Crippen molar-refractivity contribution in [2.75, 3.05) is 0 Å². The Bertz CT molecular complexity index is 741. The fraction of sp³-hybridized carbons (Fsp3) is 0.133. The third-order valence-electron chi connectivity index (χ3n) is 3.05. The van der Waals surface area contributed by atoms with E-state index in [1.165, 1.54) is 12.1 Å². The second-order valence-electron chi connectivity index (χ2n) is 4.55. The van der Waals surface area contributed by atoms with Crippen LogP contribution in [0.4, 0.5) is 0 Å². The van der Waals surface area contributed by atoms with Crippen LogP contribution in [-0.4, -0.2) is 18.8 Å². The van der Waals surface area contributed by atoms with Crippen LogP contribution < -0.4 is 0 Å². The number of benzene rings is 2. The Morgan fingerprint density at radius 1 is 1.10 bits per heavy atom. The highest BCUT2D eigenvalue weighted by Crippen LogP contribution is 2.28. The average Bonchev–Trinajstić information content (AvgIpc) is 2.44. The van der Waals surface area contributed by atoms with E-state index in [9.17, 15) is 17.8 Å². The molecular formula is C15H13ClO4S. The first-order valence-electron chi connectivity index (χ1n) is 6.18. The summed E-state index contributed by atoms with van der Waals surface area (Å²) < 4.78 is 32.5. The molecule has 1 atom stereocenters. The van der Waals surface area contributed by atoms with E-state index in [1.54, 1.807) is 42.5 Å². The number of Topliss-reactive ketones (excluding diaryl/α,β-unsaturated/α-hetero) is 1. The Kier molecular flexibility index (Phi) is 4.77. The van der Waals surface area contributed by atoms with Crippen LogP contribution in [0.3, 0.4) is 0 Å². The van der Waals surface area contributed by atoms with E-state index in [0.717, 1.165) is 0 Å². The zero-order chi connectivity index (χ0) is 15.5. The van der Waals surface area contributed by atoms with Gasteiger partial charge in [-0.05, 0) is 17.7 Å². The van der Waals surface area contributed by atoms with Gasteiger partial charge in [-0.2, -0.15) is 8.42 Å². The van der Waals surface area contributed by atoms with Crippen LogP contribution in [0, 0.1) is 0 Å². The molecule has 6 heteroatoms. The number of carbonyl (C=O) groups excluding carboxylic acids is 1. The predicted octanol–water partition coefficient (Wildman–Crippen LogP) is 3.54. The van der Waals surface area contributed by atoms with E-state index in [1.807, 2.05) is 0 Å². The van der Waals surface area contributed by atoms with Gasteiger partial charge in [0.15, 0.2) is 5.78 Å². The summed E-state index contributed by atoms with van der Waals surface area (Å²) in [5, 5.41) is -0.989. The minimum Gasteiger partial charge on any atom is -0.294 e. The molecule has 4 nitrogen and oxygen atoms in total. The van der Waals surface area contributed by atoms with Crippen LogP contribution in [0.5, 0.6) is 0 Å². The first-order chi connectivity index (χ1) is 9.88. The van der Waals surface area contributed by atoms with E-state index < -0.39 is 15.4 Å². The lowest BCUT2D eigenvalue weighted by Crippen LogP contribution is -2.16. The quantitative estimate of drug-likeness (QED) is 0.674. The fourth-order valence-electron chi connectivity index (χ4n) is 2.01. The summed E-state index contributed by atoms with van der Waals surface area (Å²) in [5.41, 5.74) is 0.683. The molecule has 1 N–H and O–H groups in total.